The number of hydrogen-bond acceptors (Lipinski definition) is 2. The number of nitrogens with zero attached hydrogens (tertiary/aromatic N) is 1. The number of pyridine rings is 1. The first kappa shape index (κ1) is 14.6. The van der Waals surface area contributed by atoms with Gasteiger partial charge in [-0.1, -0.05) is 31.2 Å². The zero-order chi connectivity index (χ0) is 15.7. The fourth-order valence-corrected chi connectivity index (χ4v) is 3.00. The number of carbonyl (C=O) groups is 1. The molecular formula is C18H20N2O2. The highest BCUT2D eigenvalue weighted by Crippen LogP contribution is 2.24. The minimum absolute atomic E-state index is 0.0899. The van der Waals surface area contributed by atoms with Crippen LogP contribution in [0.5, 0.6) is 0 Å². The molecule has 0 spiro atoms. The molecule has 1 N–H and O–H groups in total. The van der Waals surface area contributed by atoms with Crippen LogP contribution in [0.4, 0.5) is 0 Å². The molecule has 22 heavy (non-hydrogen) atoms. The Morgan fingerprint density at radius 1 is 1.32 bits per heavy atom. The van der Waals surface area contributed by atoms with Gasteiger partial charge >= 0.3 is 0 Å². The van der Waals surface area contributed by atoms with E-state index < -0.39 is 0 Å². The molecule has 4 heteroatoms. The minimum atomic E-state index is -0.312. The first-order valence-corrected chi connectivity index (χ1v) is 7.69. The largest absolute Gasteiger partial charge is 0.331 e. The lowest BCUT2D eigenvalue weighted by Crippen LogP contribution is -2.44. The molecule has 3 rings (SSSR count). The van der Waals surface area contributed by atoms with E-state index in [1.165, 1.54) is 5.56 Å². The van der Waals surface area contributed by atoms with Crippen LogP contribution < -0.4 is 5.56 Å². The minimum Gasteiger partial charge on any atom is -0.331 e. The molecule has 1 amide bonds. The summed E-state index contributed by atoms with van der Waals surface area (Å²) in [5.74, 6) is -0.182. The van der Waals surface area contributed by atoms with Crippen molar-refractivity contribution in [2.24, 2.45) is 0 Å². The SMILES string of the molecule is CCc1c[nH]c(=O)c(C(=O)N2Cc3ccccc3CC2C)c1. The second kappa shape index (κ2) is 5.79. The summed E-state index contributed by atoms with van der Waals surface area (Å²) in [5, 5.41) is 0. The summed E-state index contributed by atoms with van der Waals surface area (Å²) in [6.45, 7) is 4.60. The summed E-state index contributed by atoms with van der Waals surface area (Å²) in [6.07, 6.45) is 3.29. The van der Waals surface area contributed by atoms with Gasteiger partial charge in [-0.15, -0.1) is 0 Å². The Labute approximate surface area is 129 Å². The van der Waals surface area contributed by atoms with Crippen LogP contribution in [0.1, 0.15) is 40.9 Å². The van der Waals surface area contributed by atoms with Gasteiger partial charge in [0.2, 0.25) is 0 Å². The summed E-state index contributed by atoms with van der Waals surface area (Å²) in [4.78, 5) is 29.3. The van der Waals surface area contributed by atoms with Gasteiger partial charge in [-0.05, 0) is 42.5 Å². The monoisotopic (exact) mass is 296 g/mol. The standard InChI is InChI=1S/C18H20N2O2/c1-3-13-9-16(17(21)19-10-13)18(22)20-11-15-7-5-4-6-14(15)8-12(20)2/h4-7,9-10,12H,3,8,11H2,1-2H3,(H,19,21). The number of hydrogen-bond donors (Lipinski definition) is 1. The molecular weight excluding hydrogens is 276 g/mol. The van der Waals surface area contributed by atoms with Crippen molar-refractivity contribution in [2.75, 3.05) is 0 Å². The molecule has 114 valence electrons. The Balaban J connectivity index is 1.94. The van der Waals surface area contributed by atoms with Gasteiger partial charge in [0.05, 0.1) is 0 Å². The molecule has 0 fully saturated rings. The predicted octanol–water partition coefficient (Wildman–Crippen LogP) is 2.52. The maximum Gasteiger partial charge on any atom is 0.260 e. The summed E-state index contributed by atoms with van der Waals surface area (Å²) >= 11 is 0. The van der Waals surface area contributed by atoms with Gasteiger partial charge in [0, 0.05) is 18.8 Å². The Bertz CT molecular complexity index is 764. The average Bonchev–Trinajstić information content (AvgIpc) is 2.54. The van der Waals surface area contributed by atoms with E-state index in [-0.39, 0.29) is 23.1 Å². The third-order valence-corrected chi connectivity index (χ3v) is 4.37. The molecule has 0 aliphatic carbocycles. The Morgan fingerprint density at radius 2 is 2.05 bits per heavy atom. The molecule has 0 saturated heterocycles. The van der Waals surface area contributed by atoms with E-state index in [1.807, 2.05) is 32.0 Å². The quantitative estimate of drug-likeness (QED) is 0.926. The van der Waals surface area contributed by atoms with E-state index in [1.54, 1.807) is 17.2 Å². The third kappa shape index (κ3) is 2.56. The van der Waals surface area contributed by atoms with Crippen molar-refractivity contribution in [3.8, 4) is 0 Å². The normalized spacial score (nSPS) is 17.2. The van der Waals surface area contributed by atoms with Gasteiger partial charge in [-0.2, -0.15) is 0 Å². The van der Waals surface area contributed by atoms with Gasteiger partial charge in [-0.25, -0.2) is 0 Å². The van der Waals surface area contributed by atoms with Crippen LogP contribution in [0.15, 0.2) is 41.3 Å². The second-order valence-electron chi connectivity index (χ2n) is 5.86. The topological polar surface area (TPSA) is 53.2 Å². The van der Waals surface area contributed by atoms with Crippen LogP contribution in [-0.2, 0) is 19.4 Å². The molecule has 1 aliphatic rings. The van der Waals surface area contributed by atoms with E-state index in [4.69, 9.17) is 0 Å². The first-order chi connectivity index (χ1) is 10.6. The number of rotatable bonds is 2. The predicted molar refractivity (Wildman–Crippen MR) is 85.9 cm³/mol. The highest BCUT2D eigenvalue weighted by molar-refractivity contribution is 5.94. The lowest BCUT2D eigenvalue weighted by molar-refractivity contribution is 0.0656. The van der Waals surface area contributed by atoms with E-state index in [9.17, 15) is 9.59 Å². The van der Waals surface area contributed by atoms with E-state index in [2.05, 4.69) is 11.1 Å². The highest BCUT2D eigenvalue weighted by atomic mass is 16.2. The number of fused-ring (bicyclic) bond motifs is 1. The van der Waals surface area contributed by atoms with Crippen molar-refractivity contribution in [2.45, 2.75) is 39.3 Å². The molecule has 0 saturated carbocycles. The van der Waals surface area contributed by atoms with Crippen LogP contribution in [0.2, 0.25) is 0 Å². The fourth-order valence-electron chi connectivity index (χ4n) is 3.00. The van der Waals surface area contributed by atoms with Crippen molar-refractivity contribution >= 4 is 5.91 Å². The number of aromatic nitrogens is 1. The molecule has 2 heterocycles. The number of aromatic amines is 1. The van der Waals surface area contributed by atoms with Crippen LogP contribution in [-0.4, -0.2) is 21.8 Å². The number of aryl methyl sites for hydroxylation is 1. The van der Waals surface area contributed by atoms with Crippen molar-refractivity contribution in [1.29, 1.82) is 0 Å². The van der Waals surface area contributed by atoms with Crippen LogP contribution in [0, 0.1) is 0 Å². The van der Waals surface area contributed by atoms with Gasteiger partial charge in [0.15, 0.2) is 0 Å². The Morgan fingerprint density at radius 3 is 2.77 bits per heavy atom. The average molecular weight is 296 g/mol. The van der Waals surface area contributed by atoms with Crippen LogP contribution in [0.25, 0.3) is 0 Å². The van der Waals surface area contributed by atoms with Crippen molar-refractivity contribution in [3.63, 3.8) is 0 Å². The number of amides is 1. The molecule has 0 radical (unpaired) electrons. The summed E-state index contributed by atoms with van der Waals surface area (Å²) in [6, 6.07) is 9.98. The highest BCUT2D eigenvalue weighted by Gasteiger charge is 2.28. The maximum absolute atomic E-state index is 12.8. The van der Waals surface area contributed by atoms with Crippen LogP contribution >= 0.6 is 0 Å². The summed E-state index contributed by atoms with van der Waals surface area (Å²) in [5.41, 5.74) is 3.35. The van der Waals surface area contributed by atoms with Crippen LogP contribution in [0.3, 0.4) is 0 Å². The van der Waals surface area contributed by atoms with Crippen molar-refractivity contribution < 1.29 is 4.79 Å². The number of nitrogens with one attached hydrogen (secondary N) is 1. The maximum atomic E-state index is 12.8. The first-order valence-electron chi connectivity index (χ1n) is 7.69. The molecule has 1 aromatic heterocycles. The van der Waals surface area contributed by atoms with Gasteiger partial charge in [0.25, 0.3) is 11.5 Å². The lowest BCUT2D eigenvalue weighted by atomic mass is 9.94. The Kier molecular flexibility index (Phi) is 3.84. The van der Waals surface area contributed by atoms with E-state index in [0.29, 0.717) is 6.54 Å². The molecule has 2 aromatic rings. The second-order valence-corrected chi connectivity index (χ2v) is 5.86. The smallest absolute Gasteiger partial charge is 0.260 e. The van der Waals surface area contributed by atoms with Crippen molar-refractivity contribution in [1.82, 2.24) is 9.88 Å². The number of carbonyl (C=O) groups excluding carboxylic acids is 1. The third-order valence-electron chi connectivity index (χ3n) is 4.37. The number of H-pyrrole nitrogens is 1. The molecule has 1 aliphatic heterocycles. The molecule has 4 nitrogen and oxygen atoms in total. The zero-order valence-electron chi connectivity index (χ0n) is 12.9. The molecule has 0 bridgehead atoms. The fraction of sp³-hybridized carbons (Fsp3) is 0.333. The summed E-state index contributed by atoms with van der Waals surface area (Å²) in [7, 11) is 0. The molecule has 1 unspecified atom stereocenters. The summed E-state index contributed by atoms with van der Waals surface area (Å²) < 4.78 is 0. The van der Waals surface area contributed by atoms with Gasteiger partial charge in [0.1, 0.15) is 5.56 Å². The van der Waals surface area contributed by atoms with Crippen molar-refractivity contribution in [3.05, 3.63) is 69.1 Å². The van der Waals surface area contributed by atoms with Gasteiger partial charge in [-0.3, -0.25) is 9.59 Å². The number of benzene rings is 1. The van der Waals surface area contributed by atoms with E-state index >= 15 is 0 Å². The van der Waals surface area contributed by atoms with Gasteiger partial charge < -0.3 is 9.88 Å². The molecule has 1 aromatic carbocycles. The lowest BCUT2D eigenvalue weighted by Gasteiger charge is -2.34. The zero-order valence-corrected chi connectivity index (χ0v) is 12.9. The molecule has 1 atom stereocenters. The Hall–Kier alpha value is -2.36. The van der Waals surface area contributed by atoms with E-state index in [0.717, 1.165) is 24.0 Å².